The Kier molecular flexibility index (Phi) is 7.37. The number of halogens is 2. The fourth-order valence-electron chi connectivity index (χ4n) is 2.44. The lowest BCUT2D eigenvalue weighted by Gasteiger charge is -2.28. The van der Waals surface area contributed by atoms with Crippen molar-refractivity contribution in [1.29, 1.82) is 0 Å². The van der Waals surface area contributed by atoms with E-state index in [1.165, 1.54) is 6.07 Å². The zero-order chi connectivity index (χ0) is 18.2. The van der Waals surface area contributed by atoms with Crippen LogP contribution in [0.1, 0.15) is 19.4 Å². The monoisotopic (exact) mass is 367 g/mol. The fourth-order valence-corrected chi connectivity index (χ4v) is 2.69. The van der Waals surface area contributed by atoms with Gasteiger partial charge in [0.15, 0.2) is 11.5 Å². The van der Waals surface area contributed by atoms with E-state index < -0.39 is 6.61 Å². The number of benzene rings is 1. The van der Waals surface area contributed by atoms with E-state index in [-0.39, 0.29) is 11.8 Å². The number of allylic oxidation sites excluding steroid dienone is 3. The predicted molar refractivity (Wildman–Crippen MR) is 100 cm³/mol. The summed E-state index contributed by atoms with van der Waals surface area (Å²) in [5, 5.41) is 0. The van der Waals surface area contributed by atoms with Crippen molar-refractivity contribution in [2.24, 2.45) is 0 Å². The van der Waals surface area contributed by atoms with Crippen molar-refractivity contribution in [3.8, 4) is 11.5 Å². The number of rotatable bonds is 8. The van der Waals surface area contributed by atoms with E-state index in [0.29, 0.717) is 12.4 Å². The summed E-state index contributed by atoms with van der Waals surface area (Å²) in [6, 6.07) is 5.24. The van der Waals surface area contributed by atoms with Crippen molar-refractivity contribution in [2.45, 2.75) is 26.5 Å². The molecule has 0 N–H and O–H groups in total. The molecule has 1 aromatic carbocycles. The second-order valence-electron chi connectivity index (χ2n) is 5.58. The van der Waals surface area contributed by atoms with Gasteiger partial charge in [0.1, 0.15) is 0 Å². The Labute approximate surface area is 152 Å². The van der Waals surface area contributed by atoms with E-state index in [2.05, 4.69) is 22.6 Å². The molecular formula is C19H23F2NO2S. The molecule has 3 nitrogen and oxygen atoms in total. The molecule has 2 rings (SSSR count). The number of hydrogen-bond donors (Lipinski definition) is 0. The van der Waals surface area contributed by atoms with E-state index in [9.17, 15) is 8.78 Å². The Morgan fingerprint density at radius 2 is 2.12 bits per heavy atom. The Hall–Kier alpha value is -1.95. The topological polar surface area (TPSA) is 21.7 Å². The number of hydrogen-bond acceptors (Lipinski definition) is 4. The van der Waals surface area contributed by atoms with E-state index in [4.69, 9.17) is 4.74 Å². The highest BCUT2D eigenvalue weighted by Crippen LogP contribution is 2.30. The first-order valence-corrected chi connectivity index (χ1v) is 9.43. The highest BCUT2D eigenvalue weighted by atomic mass is 32.2. The number of ether oxygens (including phenoxy) is 2. The van der Waals surface area contributed by atoms with Gasteiger partial charge < -0.3 is 14.4 Å². The molecule has 0 saturated carbocycles. The van der Waals surface area contributed by atoms with E-state index in [1.54, 1.807) is 23.9 Å². The molecule has 0 aromatic heterocycles. The minimum atomic E-state index is -2.88. The molecular weight excluding hydrogens is 344 g/mol. The summed E-state index contributed by atoms with van der Waals surface area (Å²) in [6.07, 6.45) is 12.1. The van der Waals surface area contributed by atoms with Crippen LogP contribution < -0.4 is 9.47 Å². The summed E-state index contributed by atoms with van der Waals surface area (Å²) in [5.74, 6) is 1.16. The molecule has 25 heavy (non-hydrogen) atoms. The van der Waals surface area contributed by atoms with Gasteiger partial charge in [-0.15, -0.1) is 0 Å². The van der Waals surface area contributed by atoms with Gasteiger partial charge >= 0.3 is 6.61 Å². The van der Waals surface area contributed by atoms with Crippen molar-refractivity contribution < 1.29 is 18.3 Å². The van der Waals surface area contributed by atoms with Gasteiger partial charge in [-0.1, -0.05) is 18.2 Å². The van der Waals surface area contributed by atoms with Crippen LogP contribution in [-0.4, -0.2) is 36.2 Å². The van der Waals surface area contributed by atoms with Gasteiger partial charge in [-0.3, -0.25) is 0 Å². The van der Waals surface area contributed by atoms with Crippen LogP contribution in [-0.2, 0) is 0 Å². The molecule has 1 unspecified atom stereocenters. The molecule has 1 heterocycles. The molecule has 6 heteroatoms. The molecule has 0 saturated heterocycles. The third-order valence-corrected chi connectivity index (χ3v) is 4.30. The molecule has 1 aromatic rings. The van der Waals surface area contributed by atoms with E-state index >= 15 is 0 Å². The zero-order valence-electron chi connectivity index (χ0n) is 14.6. The van der Waals surface area contributed by atoms with Crippen molar-refractivity contribution in [3.05, 3.63) is 53.9 Å². The number of alkyl halides is 2. The normalized spacial score (nSPS) is 17.3. The Balaban J connectivity index is 2.17. The first kappa shape index (κ1) is 19.4. The summed E-state index contributed by atoms with van der Waals surface area (Å²) >= 11 is 1.63. The standard InChI is InChI=1S/C19H23F2NO2S/c1-14-5-4-6-15(2)22(14)10-9-16-7-8-17(24-19(20)21)18(13-16)23-11-12-25-3/h4-10,13-14,19H,11-12H2,1-3H3/b10-9+. The lowest BCUT2D eigenvalue weighted by Crippen LogP contribution is -2.26. The van der Waals surface area contributed by atoms with Crippen LogP contribution in [0.3, 0.4) is 0 Å². The minimum Gasteiger partial charge on any atom is -0.489 e. The largest absolute Gasteiger partial charge is 0.489 e. The Morgan fingerprint density at radius 1 is 1.32 bits per heavy atom. The quantitative estimate of drug-likeness (QED) is 0.591. The average molecular weight is 367 g/mol. The van der Waals surface area contributed by atoms with Crippen molar-refractivity contribution in [2.75, 3.05) is 18.6 Å². The van der Waals surface area contributed by atoms with Crippen LogP contribution in [0.2, 0.25) is 0 Å². The molecule has 0 bridgehead atoms. The smallest absolute Gasteiger partial charge is 0.387 e. The van der Waals surface area contributed by atoms with Gasteiger partial charge in [0, 0.05) is 23.7 Å². The molecule has 136 valence electrons. The summed E-state index contributed by atoms with van der Waals surface area (Å²) in [4.78, 5) is 2.14. The third kappa shape index (κ3) is 5.81. The van der Waals surface area contributed by atoms with Crippen molar-refractivity contribution in [3.63, 3.8) is 0 Å². The summed E-state index contributed by atoms with van der Waals surface area (Å²) in [5.41, 5.74) is 2.00. The zero-order valence-corrected chi connectivity index (χ0v) is 15.4. The first-order chi connectivity index (χ1) is 12.0. The molecule has 0 amide bonds. The van der Waals surface area contributed by atoms with Gasteiger partial charge in [0.25, 0.3) is 0 Å². The summed E-state index contributed by atoms with van der Waals surface area (Å²) in [7, 11) is 0. The predicted octanol–water partition coefficient (Wildman–Crippen LogP) is 5.16. The van der Waals surface area contributed by atoms with Crippen LogP contribution >= 0.6 is 11.8 Å². The van der Waals surface area contributed by atoms with Gasteiger partial charge in [-0.05, 0) is 50.0 Å². The SMILES string of the molecule is CSCCOc1cc(/C=C/N2C(C)=CC=CC2C)ccc1OC(F)F. The van der Waals surface area contributed by atoms with Gasteiger partial charge in [0.2, 0.25) is 0 Å². The van der Waals surface area contributed by atoms with Crippen LogP contribution in [0.15, 0.2) is 48.3 Å². The molecule has 0 radical (unpaired) electrons. The van der Waals surface area contributed by atoms with Crippen LogP contribution in [0.4, 0.5) is 8.78 Å². The van der Waals surface area contributed by atoms with Gasteiger partial charge in [-0.2, -0.15) is 20.5 Å². The Bertz CT molecular complexity index is 659. The van der Waals surface area contributed by atoms with Crippen molar-refractivity contribution in [1.82, 2.24) is 4.90 Å². The molecule has 1 atom stereocenters. The maximum Gasteiger partial charge on any atom is 0.387 e. The number of nitrogens with zero attached hydrogens (tertiary/aromatic N) is 1. The van der Waals surface area contributed by atoms with Crippen LogP contribution in [0, 0.1) is 0 Å². The summed E-state index contributed by atoms with van der Waals surface area (Å²) in [6.45, 7) is 1.71. The number of thioether (sulfide) groups is 1. The lowest BCUT2D eigenvalue weighted by atomic mass is 10.1. The fraction of sp³-hybridized carbons (Fsp3) is 0.368. The summed E-state index contributed by atoms with van der Waals surface area (Å²) < 4.78 is 35.2. The Morgan fingerprint density at radius 3 is 2.80 bits per heavy atom. The molecule has 0 spiro atoms. The average Bonchev–Trinajstić information content (AvgIpc) is 2.56. The second-order valence-corrected chi connectivity index (χ2v) is 6.57. The van der Waals surface area contributed by atoms with E-state index in [0.717, 1.165) is 17.0 Å². The second kappa shape index (κ2) is 9.51. The maximum absolute atomic E-state index is 12.6. The third-order valence-electron chi connectivity index (χ3n) is 3.73. The van der Waals surface area contributed by atoms with Crippen LogP contribution in [0.25, 0.3) is 6.08 Å². The van der Waals surface area contributed by atoms with E-state index in [1.807, 2.05) is 37.6 Å². The molecule has 0 fully saturated rings. The maximum atomic E-state index is 12.6. The van der Waals surface area contributed by atoms with Gasteiger partial charge in [0.05, 0.1) is 6.61 Å². The highest BCUT2D eigenvalue weighted by Gasteiger charge is 2.13. The lowest BCUT2D eigenvalue weighted by molar-refractivity contribution is -0.0514. The minimum absolute atomic E-state index is 0.0543. The van der Waals surface area contributed by atoms with Gasteiger partial charge in [-0.25, -0.2) is 0 Å². The molecule has 1 aliphatic heterocycles. The molecule has 1 aliphatic rings. The first-order valence-electron chi connectivity index (χ1n) is 8.03. The van der Waals surface area contributed by atoms with Crippen LogP contribution in [0.5, 0.6) is 11.5 Å². The highest BCUT2D eigenvalue weighted by molar-refractivity contribution is 7.98. The molecule has 0 aliphatic carbocycles. The van der Waals surface area contributed by atoms with Crippen molar-refractivity contribution >= 4 is 17.8 Å².